The number of methoxy groups -OCH3 is 2. The van der Waals surface area contributed by atoms with Crippen LogP contribution in [0.4, 0.5) is 5.69 Å². The van der Waals surface area contributed by atoms with E-state index in [1.807, 2.05) is 48.7 Å². The Morgan fingerprint density at radius 3 is 2.31 bits per heavy atom. The maximum absolute atomic E-state index is 5.97. The summed E-state index contributed by atoms with van der Waals surface area (Å²) in [6, 6.07) is 21.9. The van der Waals surface area contributed by atoms with Gasteiger partial charge in [0.05, 0.1) is 37.7 Å². The minimum atomic E-state index is -0.155. The van der Waals surface area contributed by atoms with Gasteiger partial charge >= 0.3 is 0 Å². The number of rotatable bonds is 6. The second kappa shape index (κ2) is 9.66. The van der Waals surface area contributed by atoms with Crippen molar-refractivity contribution < 1.29 is 9.47 Å². The second-order valence-electron chi connectivity index (χ2n) is 8.91. The van der Waals surface area contributed by atoms with Gasteiger partial charge < -0.3 is 24.3 Å². The molecule has 1 saturated heterocycles. The Kier molecular flexibility index (Phi) is 6.41. The maximum Gasteiger partial charge on any atom is 0.174 e. The van der Waals surface area contributed by atoms with Crippen LogP contribution in [0.25, 0.3) is 5.69 Å². The number of pyridine rings is 1. The molecule has 1 fully saturated rings. The van der Waals surface area contributed by atoms with Crippen LogP contribution in [0, 0.1) is 20.8 Å². The zero-order chi connectivity index (χ0) is 25.4. The summed E-state index contributed by atoms with van der Waals surface area (Å²) < 4.78 is 13.7. The fourth-order valence-electron chi connectivity index (χ4n) is 5.30. The quantitative estimate of drug-likeness (QED) is 0.330. The summed E-state index contributed by atoms with van der Waals surface area (Å²) in [6.45, 7) is 6.54. The molecule has 0 aliphatic carbocycles. The number of benzene rings is 2. The molecule has 7 heteroatoms. The zero-order valence-electron chi connectivity index (χ0n) is 21.1. The van der Waals surface area contributed by atoms with Crippen molar-refractivity contribution >= 4 is 23.0 Å². The number of ether oxygens (including phenoxy) is 2. The van der Waals surface area contributed by atoms with Crippen LogP contribution in [0.15, 0.2) is 72.9 Å². The van der Waals surface area contributed by atoms with Gasteiger partial charge in [-0.1, -0.05) is 24.3 Å². The molecule has 184 valence electrons. The first-order valence-corrected chi connectivity index (χ1v) is 12.3. The smallest absolute Gasteiger partial charge is 0.174 e. The number of thiocarbonyl (C=S) groups is 1. The van der Waals surface area contributed by atoms with Gasteiger partial charge in [-0.15, -0.1) is 0 Å². The van der Waals surface area contributed by atoms with Gasteiger partial charge in [-0.3, -0.25) is 4.98 Å². The minimum absolute atomic E-state index is 0.155. The third-order valence-corrected chi connectivity index (χ3v) is 7.38. The van der Waals surface area contributed by atoms with Crippen molar-refractivity contribution in [3.8, 4) is 17.2 Å². The number of para-hydroxylation sites is 1. The Labute approximate surface area is 217 Å². The van der Waals surface area contributed by atoms with Gasteiger partial charge in [-0.05, 0) is 75.0 Å². The SMILES string of the molecule is COc1ccc(OC)c(N2C(=S)NC(c3ccccn3)C2c2c(C)c(C)n(-c3ccccc3)c2C)c1. The molecule has 0 bridgehead atoms. The Hall–Kier alpha value is -3.84. The third kappa shape index (κ3) is 3.89. The van der Waals surface area contributed by atoms with Crippen molar-refractivity contribution in [3.05, 3.63) is 101 Å². The van der Waals surface area contributed by atoms with Crippen molar-refractivity contribution in [3.63, 3.8) is 0 Å². The summed E-state index contributed by atoms with van der Waals surface area (Å²) in [5.74, 6) is 1.46. The highest BCUT2D eigenvalue weighted by molar-refractivity contribution is 7.80. The Morgan fingerprint density at radius 1 is 0.889 bits per heavy atom. The molecule has 1 aliphatic rings. The molecule has 3 heterocycles. The molecular formula is C29H30N4O2S. The second-order valence-corrected chi connectivity index (χ2v) is 9.30. The standard InChI is InChI=1S/C29H30N4O2S/c1-18-19(2)32(21-11-7-6-8-12-21)20(3)26(18)28-27(23-13-9-10-16-30-23)31-29(36)33(28)24-17-22(34-4)14-15-25(24)35-5/h6-17,27-28H,1-5H3,(H,31,36). The molecule has 2 aromatic heterocycles. The lowest BCUT2D eigenvalue weighted by atomic mass is 9.93. The minimum Gasteiger partial charge on any atom is -0.497 e. The number of nitrogens with zero attached hydrogens (tertiary/aromatic N) is 3. The summed E-state index contributed by atoms with van der Waals surface area (Å²) in [5.41, 5.74) is 7.71. The first-order valence-electron chi connectivity index (χ1n) is 11.9. The van der Waals surface area contributed by atoms with Crippen molar-refractivity contribution in [2.45, 2.75) is 32.9 Å². The van der Waals surface area contributed by atoms with Gasteiger partial charge in [-0.25, -0.2) is 0 Å². The van der Waals surface area contributed by atoms with Crippen LogP contribution < -0.4 is 19.7 Å². The highest BCUT2D eigenvalue weighted by Gasteiger charge is 2.44. The average Bonchev–Trinajstić information content (AvgIpc) is 3.36. The molecule has 4 aromatic rings. The molecule has 6 nitrogen and oxygen atoms in total. The van der Waals surface area contributed by atoms with E-state index < -0.39 is 0 Å². The lowest BCUT2D eigenvalue weighted by Gasteiger charge is -2.30. The number of anilines is 1. The van der Waals surface area contributed by atoms with Gasteiger partial charge in [0, 0.05) is 34.9 Å². The lowest BCUT2D eigenvalue weighted by Crippen LogP contribution is -2.30. The molecule has 0 radical (unpaired) electrons. The fraction of sp³-hybridized carbons (Fsp3) is 0.241. The van der Waals surface area contributed by atoms with Crippen LogP contribution in [-0.2, 0) is 0 Å². The van der Waals surface area contributed by atoms with Gasteiger partial charge in [0.25, 0.3) is 0 Å². The number of hydrogen-bond acceptors (Lipinski definition) is 4. The van der Waals surface area contributed by atoms with E-state index in [0.717, 1.165) is 28.6 Å². The molecule has 2 atom stereocenters. The lowest BCUT2D eigenvalue weighted by molar-refractivity contribution is 0.403. The van der Waals surface area contributed by atoms with Gasteiger partial charge in [-0.2, -0.15) is 0 Å². The van der Waals surface area contributed by atoms with E-state index >= 15 is 0 Å². The van der Waals surface area contributed by atoms with E-state index in [1.165, 1.54) is 22.5 Å². The third-order valence-electron chi connectivity index (χ3n) is 7.06. The van der Waals surface area contributed by atoms with Crippen LogP contribution >= 0.6 is 12.2 Å². The summed E-state index contributed by atoms with van der Waals surface area (Å²) in [7, 11) is 3.34. The number of aromatic nitrogens is 2. The first-order chi connectivity index (χ1) is 17.5. The molecular weight excluding hydrogens is 468 g/mol. The van der Waals surface area contributed by atoms with E-state index in [9.17, 15) is 0 Å². The van der Waals surface area contributed by atoms with Crippen LogP contribution in [0.5, 0.6) is 11.5 Å². The molecule has 2 aromatic carbocycles. The van der Waals surface area contributed by atoms with Crippen molar-refractivity contribution in [2.75, 3.05) is 19.1 Å². The van der Waals surface area contributed by atoms with Gasteiger partial charge in [0.2, 0.25) is 0 Å². The fourth-order valence-corrected chi connectivity index (χ4v) is 5.64. The summed E-state index contributed by atoms with van der Waals surface area (Å²) in [4.78, 5) is 6.86. The molecule has 1 aliphatic heterocycles. The number of hydrogen-bond donors (Lipinski definition) is 1. The molecule has 36 heavy (non-hydrogen) atoms. The normalized spacial score (nSPS) is 17.2. The van der Waals surface area contributed by atoms with Crippen LogP contribution in [0.2, 0.25) is 0 Å². The summed E-state index contributed by atoms with van der Waals surface area (Å²) in [6.07, 6.45) is 1.83. The van der Waals surface area contributed by atoms with Crippen molar-refractivity contribution in [2.24, 2.45) is 0 Å². The average molecular weight is 499 g/mol. The Bertz CT molecular complexity index is 1400. The van der Waals surface area contributed by atoms with E-state index in [2.05, 4.69) is 59.8 Å². The van der Waals surface area contributed by atoms with Crippen molar-refractivity contribution in [1.29, 1.82) is 0 Å². The van der Waals surface area contributed by atoms with Crippen molar-refractivity contribution in [1.82, 2.24) is 14.9 Å². The monoisotopic (exact) mass is 498 g/mol. The first kappa shape index (κ1) is 23.9. The van der Waals surface area contributed by atoms with E-state index in [-0.39, 0.29) is 12.1 Å². The topological polar surface area (TPSA) is 51.6 Å². The molecule has 0 spiro atoms. The Balaban J connectivity index is 1.76. The van der Waals surface area contributed by atoms with E-state index in [0.29, 0.717) is 5.11 Å². The highest BCUT2D eigenvalue weighted by atomic mass is 32.1. The molecule has 0 saturated carbocycles. The molecule has 1 N–H and O–H groups in total. The predicted molar refractivity (Wildman–Crippen MR) is 147 cm³/mol. The molecule has 2 unspecified atom stereocenters. The van der Waals surface area contributed by atoms with E-state index in [4.69, 9.17) is 26.7 Å². The highest BCUT2D eigenvalue weighted by Crippen LogP contribution is 2.48. The largest absolute Gasteiger partial charge is 0.497 e. The summed E-state index contributed by atoms with van der Waals surface area (Å²) in [5, 5.41) is 4.19. The zero-order valence-corrected chi connectivity index (χ0v) is 22.0. The van der Waals surface area contributed by atoms with Crippen LogP contribution in [-0.4, -0.2) is 28.9 Å². The molecule has 0 amide bonds. The summed E-state index contributed by atoms with van der Waals surface area (Å²) >= 11 is 5.97. The van der Waals surface area contributed by atoms with E-state index in [1.54, 1.807) is 14.2 Å². The maximum atomic E-state index is 5.97. The van der Waals surface area contributed by atoms with Crippen LogP contribution in [0.1, 0.15) is 40.3 Å². The predicted octanol–water partition coefficient (Wildman–Crippen LogP) is 5.99. The number of nitrogens with one attached hydrogen (secondary N) is 1. The van der Waals surface area contributed by atoms with Crippen LogP contribution in [0.3, 0.4) is 0 Å². The van der Waals surface area contributed by atoms with Gasteiger partial charge in [0.1, 0.15) is 11.5 Å². The Morgan fingerprint density at radius 2 is 1.64 bits per heavy atom. The molecule has 5 rings (SSSR count). The van der Waals surface area contributed by atoms with Gasteiger partial charge in [0.15, 0.2) is 5.11 Å².